The van der Waals surface area contributed by atoms with Crippen molar-refractivity contribution in [1.82, 2.24) is 5.32 Å². The van der Waals surface area contributed by atoms with Crippen LogP contribution in [0.25, 0.3) is 0 Å². The van der Waals surface area contributed by atoms with Crippen molar-refractivity contribution in [1.29, 1.82) is 0 Å². The smallest absolute Gasteiger partial charge is 0.408 e. The summed E-state index contributed by atoms with van der Waals surface area (Å²) in [6, 6.07) is 13.6. The van der Waals surface area contributed by atoms with Crippen molar-refractivity contribution >= 4 is 17.7 Å². The Bertz CT molecular complexity index is 925. The molecule has 2 aromatic rings. The van der Waals surface area contributed by atoms with Gasteiger partial charge in [0.2, 0.25) is 0 Å². The van der Waals surface area contributed by atoms with E-state index in [9.17, 15) is 14.0 Å². The van der Waals surface area contributed by atoms with Crippen LogP contribution in [-0.2, 0) is 26.4 Å². The van der Waals surface area contributed by atoms with E-state index in [1.54, 1.807) is 27.0 Å². The molecular formula is C25H33FN2O4. The highest BCUT2D eigenvalue weighted by Gasteiger charge is 2.47. The van der Waals surface area contributed by atoms with Crippen molar-refractivity contribution in [2.45, 2.75) is 59.3 Å². The van der Waals surface area contributed by atoms with Crippen molar-refractivity contribution in [3.63, 3.8) is 0 Å². The molecule has 32 heavy (non-hydrogen) atoms. The Labute approximate surface area is 189 Å². The minimum absolute atomic E-state index is 0.0323. The first-order valence-corrected chi connectivity index (χ1v) is 10.6. The Kier molecular flexibility index (Phi) is 8.25. The summed E-state index contributed by atoms with van der Waals surface area (Å²) in [5, 5.41) is 5.48. The van der Waals surface area contributed by atoms with Gasteiger partial charge >= 0.3 is 12.1 Å². The number of halogens is 1. The number of nitrogens with one attached hydrogen (secondary N) is 2. The van der Waals surface area contributed by atoms with Crippen LogP contribution in [-0.4, -0.2) is 25.2 Å². The lowest BCUT2D eigenvalue weighted by molar-refractivity contribution is -0.157. The summed E-state index contributed by atoms with van der Waals surface area (Å²) >= 11 is 0. The fourth-order valence-corrected chi connectivity index (χ4v) is 3.49. The molecule has 2 aromatic carbocycles. The molecule has 1 atom stereocenters. The quantitative estimate of drug-likeness (QED) is 0.535. The van der Waals surface area contributed by atoms with Crippen LogP contribution in [0.5, 0.6) is 0 Å². The molecule has 0 spiro atoms. The largest absolute Gasteiger partial charge is 0.461 e. The van der Waals surface area contributed by atoms with Crippen LogP contribution >= 0.6 is 0 Å². The van der Waals surface area contributed by atoms with E-state index in [2.05, 4.69) is 10.6 Å². The zero-order valence-electron chi connectivity index (χ0n) is 19.6. The second-order valence-corrected chi connectivity index (χ2v) is 9.23. The molecule has 0 heterocycles. The Morgan fingerprint density at radius 2 is 1.72 bits per heavy atom. The molecule has 0 radical (unpaired) electrons. The summed E-state index contributed by atoms with van der Waals surface area (Å²) in [5.74, 6) is -1.21. The predicted molar refractivity (Wildman–Crippen MR) is 123 cm³/mol. The molecule has 0 aliphatic carbocycles. The average Bonchev–Trinajstić information content (AvgIpc) is 2.71. The van der Waals surface area contributed by atoms with E-state index < -0.39 is 34.9 Å². The molecule has 2 N–H and O–H groups in total. The molecule has 0 aliphatic heterocycles. The van der Waals surface area contributed by atoms with Crippen molar-refractivity contribution in [3.8, 4) is 0 Å². The third kappa shape index (κ3) is 6.70. The highest BCUT2D eigenvalue weighted by Crippen LogP contribution is 2.37. The summed E-state index contributed by atoms with van der Waals surface area (Å²) in [6.07, 6.45) is -1.05. The van der Waals surface area contributed by atoms with E-state index in [0.717, 1.165) is 5.56 Å². The second-order valence-electron chi connectivity index (χ2n) is 9.23. The number of carbonyl (C=O) groups excluding carboxylic acids is 2. The van der Waals surface area contributed by atoms with Gasteiger partial charge in [0.1, 0.15) is 12.4 Å². The predicted octanol–water partition coefficient (Wildman–Crippen LogP) is 5.38. The van der Waals surface area contributed by atoms with Crippen LogP contribution in [0, 0.1) is 11.2 Å². The van der Waals surface area contributed by atoms with E-state index in [0.29, 0.717) is 0 Å². The zero-order chi connectivity index (χ0) is 23.9. The maximum atomic E-state index is 14.7. The number of rotatable bonds is 8. The number of carbonyl (C=O) groups is 2. The van der Waals surface area contributed by atoms with Gasteiger partial charge < -0.3 is 20.1 Å². The molecule has 1 amide bonds. The first kappa shape index (κ1) is 25.2. The van der Waals surface area contributed by atoms with Gasteiger partial charge in [0.05, 0.1) is 11.8 Å². The first-order valence-electron chi connectivity index (χ1n) is 10.6. The number of hydrogen-bond donors (Lipinski definition) is 2. The molecular weight excluding hydrogens is 411 g/mol. The van der Waals surface area contributed by atoms with Gasteiger partial charge in [-0.15, -0.1) is 0 Å². The Hall–Kier alpha value is -3.09. The van der Waals surface area contributed by atoms with Gasteiger partial charge in [0.25, 0.3) is 0 Å². The van der Waals surface area contributed by atoms with Gasteiger partial charge in [-0.3, -0.25) is 0 Å². The Balaban J connectivity index is 2.47. The molecule has 0 saturated carbocycles. The van der Waals surface area contributed by atoms with Gasteiger partial charge in [-0.2, -0.15) is 0 Å². The van der Waals surface area contributed by atoms with Gasteiger partial charge in [0.15, 0.2) is 5.54 Å². The Morgan fingerprint density at radius 3 is 2.25 bits per heavy atom. The first-order chi connectivity index (χ1) is 15.0. The third-order valence-electron chi connectivity index (χ3n) is 4.75. The van der Waals surface area contributed by atoms with Gasteiger partial charge in [-0.1, -0.05) is 57.2 Å². The molecule has 0 bridgehead atoms. The number of alkyl carbamates (subject to hydrolysis) is 1. The molecule has 2 rings (SSSR count). The minimum Gasteiger partial charge on any atom is -0.461 e. The highest BCUT2D eigenvalue weighted by atomic mass is 19.1. The summed E-state index contributed by atoms with van der Waals surface area (Å²) in [6.45, 7) is 9.26. The van der Waals surface area contributed by atoms with Crippen molar-refractivity contribution in [2.75, 3.05) is 12.4 Å². The van der Waals surface area contributed by atoms with Crippen LogP contribution in [0.1, 0.15) is 52.2 Å². The fraction of sp³-hybridized carbons (Fsp3) is 0.440. The molecule has 0 unspecified atom stereocenters. The van der Waals surface area contributed by atoms with Crippen LogP contribution in [0.3, 0.4) is 0 Å². The van der Waals surface area contributed by atoms with Crippen molar-refractivity contribution in [2.24, 2.45) is 5.41 Å². The van der Waals surface area contributed by atoms with E-state index >= 15 is 0 Å². The van der Waals surface area contributed by atoms with Gasteiger partial charge in [-0.25, -0.2) is 14.0 Å². The van der Waals surface area contributed by atoms with Crippen LogP contribution in [0.15, 0.2) is 48.5 Å². The highest BCUT2D eigenvalue weighted by molar-refractivity contribution is 5.87. The van der Waals surface area contributed by atoms with Crippen molar-refractivity contribution in [3.05, 3.63) is 65.5 Å². The summed E-state index contributed by atoms with van der Waals surface area (Å²) in [7, 11) is 1.60. The molecule has 7 heteroatoms. The number of benzene rings is 2. The molecule has 0 aliphatic rings. The zero-order valence-corrected chi connectivity index (χ0v) is 19.6. The second kappa shape index (κ2) is 10.5. The fourth-order valence-electron chi connectivity index (χ4n) is 3.49. The van der Waals surface area contributed by atoms with E-state index in [1.165, 1.54) is 12.1 Å². The van der Waals surface area contributed by atoms with Gasteiger partial charge in [0, 0.05) is 7.05 Å². The standard InChI is InChI=1S/C25H33FN2O4/c1-17(2)32-22(29)25(16-24(3,4)5,19-12-13-21(27-6)20(26)14-19)28-23(30)31-15-18-10-8-7-9-11-18/h7-14,17,27H,15-16H2,1-6H3,(H,28,30)/t25-/m1/s1. The molecule has 6 nitrogen and oxygen atoms in total. The maximum Gasteiger partial charge on any atom is 0.408 e. The molecule has 0 aromatic heterocycles. The lowest BCUT2D eigenvalue weighted by Gasteiger charge is -2.38. The lowest BCUT2D eigenvalue weighted by Crippen LogP contribution is -2.55. The molecule has 0 fully saturated rings. The van der Waals surface area contributed by atoms with Crippen LogP contribution < -0.4 is 10.6 Å². The summed E-state index contributed by atoms with van der Waals surface area (Å²) < 4.78 is 25.6. The number of esters is 1. The number of amides is 1. The molecule has 0 saturated heterocycles. The van der Waals surface area contributed by atoms with Gasteiger partial charge in [-0.05, 0) is 48.9 Å². The van der Waals surface area contributed by atoms with E-state index in [1.807, 2.05) is 51.1 Å². The number of anilines is 1. The third-order valence-corrected chi connectivity index (χ3v) is 4.75. The SMILES string of the molecule is CNc1ccc([C@@](CC(C)(C)C)(NC(=O)OCc2ccccc2)C(=O)OC(C)C)cc1F. The van der Waals surface area contributed by atoms with E-state index in [4.69, 9.17) is 9.47 Å². The van der Waals surface area contributed by atoms with Crippen molar-refractivity contribution < 1.29 is 23.5 Å². The minimum atomic E-state index is -1.64. The summed E-state index contributed by atoms with van der Waals surface area (Å²) in [5.41, 5.74) is -0.684. The number of hydrogen-bond acceptors (Lipinski definition) is 5. The van der Waals surface area contributed by atoms with E-state index in [-0.39, 0.29) is 24.3 Å². The lowest BCUT2D eigenvalue weighted by atomic mass is 9.75. The average molecular weight is 445 g/mol. The Morgan fingerprint density at radius 1 is 1.06 bits per heavy atom. The number of ether oxygens (including phenoxy) is 2. The molecule has 174 valence electrons. The summed E-state index contributed by atoms with van der Waals surface area (Å²) in [4.78, 5) is 26.2. The topological polar surface area (TPSA) is 76.7 Å². The van der Waals surface area contributed by atoms with Crippen LogP contribution in [0.4, 0.5) is 14.9 Å². The monoisotopic (exact) mass is 444 g/mol. The normalized spacial score (nSPS) is 13.2. The maximum absolute atomic E-state index is 14.7. The van der Waals surface area contributed by atoms with Crippen LogP contribution in [0.2, 0.25) is 0 Å².